The second-order valence-corrected chi connectivity index (χ2v) is 4.97. The van der Waals surface area contributed by atoms with Crippen LogP contribution in [0.25, 0.3) is 0 Å². The molecule has 1 rings (SSSR count). The van der Waals surface area contributed by atoms with Crippen LogP contribution in [0.5, 0.6) is 11.5 Å². The Morgan fingerprint density at radius 3 is 2.29 bits per heavy atom. The van der Waals surface area contributed by atoms with E-state index in [0.717, 1.165) is 0 Å². The number of Topliss-reactive ketones (excluding diaryl/α,β-unsaturated/α-hetero) is 1. The van der Waals surface area contributed by atoms with E-state index in [1.807, 2.05) is 13.8 Å². The molecule has 0 unspecified atom stereocenters. The van der Waals surface area contributed by atoms with Gasteiger partial charge in [0.15, 0.2) is 11.5 Å². The Morgan fingerprint density at radius 2 is 1.86 bits per heavy atom. The van der Waals surface area contributed by atoms with Gasteiger partial charge in [-0.05, 0) is 24.5 Å². The minimum absolute atomic E-state index is 0.0272. The second-order valence-electron chi connectivity index (χ2n) is 4.59. The summed E-state index contributed by atoms with van der Waals surface area (Å²) >= 11 is 6.29. The molecule has 0 N–H and O–H groups in total. The zero-order chi connectivity index (χ0) is 16.2. The molecule has 0 radical (unpaired) electrons. The number of benzene rings is 1. The highest BCUT2D eigenvalue weighted by atomic mass is 35.5. The van der Waals surface area contributed by atoms with Crippen molar-refractivity contribution in [3.63, 3.8) is 0 Å². The number of ether oxygens (including phenoxy) is 3. The van der Waals surface area contributed by atoms with Crippen molar-refractivity contribution in [2.24, 2.45) is 0 Å². The van der Waals surface area contributed by atoms with Crippen molar-refractivity contribution >= 4 is 23.4 Å². The fourth-order valence-corrected chi connectivity index (χ4v) is 2.36. The van der Waals surface area contributed by atoms with Crippen LogP contribution >= 0.6 is 11.6 Å². The van der Waals surface area contributed by atoms with Crippen LogP contribution in [0.15, 0.2) is 6.07 Å². The molecule has 5 nitrogen and oxygen atoms in total. The predicted molar refractivity (Wildman–Crippen MR) is 79.6 cm³/mol. The standard InChI is InChI=1S/C15H19ClO5/c1-6-21-15(18)13(17)11-12(16)9(8(2)3)7-10(19-4)14(11)20-5/h7-8H,6H2,1-5H3. The molecule has 0 heterocycles. The molecule has 0 aromatic heterocycles. The first-order valence-corrected chi connectivity index (χ1v) is 6.92. The van der Waals surface area contributed by atoms with Crippen LogP contribution in [-0.4, -0.2) is 32.6 Å². The first-order chi connectivity index (χ1) is 9.88. The molecule has 0 amide bonds. The third kappa shape index (κ3) is 3.47. The molecule has 0 atom stereocenters. The number of carbonyl (C=O) groups excluding carboxylic acids is 2. The van der Waals surface area contributed by atoms with Crippen molar-refractivity contribution in [2.75, 3.05) is 20.8 Å². The summed E-state index contributed by atoms with van der Waals surface area (Å²) in [6.07, 6.45) is 0. The van der Waals surface area contributed by atoms with Gasteiger partial charge in [0, 0.05) is 0 Å². The van der Waals surface area contributed by atoms with Gasteiger partial charge >= 0.3 is 5.97 Å². The molecule has 1 aromatic carbocycles. The number of ketones is 1. The Bertz CT molecular complexity index is 551. The number of rotatable bonds is 6. The maximum absolute atomic E-state index is 12.3. The summed E-state index contributed by atoms with van der Waals surface area (Å²) in [6, 6.07) is 1.70. The SMILES string of the molecule is CCOC(=O)C(=O)c1c(Cl)c(C(C)C)cc(OC)c1OC. The molecule has 1 aromatic rings. The minimum Gasteiger partial charge on any atom is -0.493 e. The van der Waals surface area contributed by atoms with Crippen molar-refractivity contribution in [1.29, 1.82) is 0 Å². The maximum Gasteiger partial charge on any atom is 0.379 e. The molecule has 0 bridgehead atoms. The predicted octanol–water partition coefficient (Wildman–Crippen LogP) is 3.23. The molecule has 0 saturated carbocycles. The zero-order valence-corrected chi connectivity index (χ0v) is 13.5. The van der Waals surface area contributed by atoms with Gasteiger partial charge in [0.25, 0.3) is 5.78 Å². The summed E-state index contributed by atoms with van der Waals surface area (Å²) in [5, 5.41) is 0.181. The lowest BCUT2D eigenvalue weighted by molar-refractivity contribution is -0.137. The van der Waals surface area contributed by atoms with Gasteiger partial charge in [-0.1, -0.05) is 25.4 Å². The first-order valence-electron chi connectivity index (χ1n) is 6.54. The van der Waals surface area contributed by atoms with E-state index >= 15 is 0 Å². The maximum atomic E-state index is 12.3. The molecule has 116 valence electrons. The van der Waals surface area contributed by atoms with E-state index in [0.29, 0.717) is 11.3 Å². The third-order valence-electron chi connectivity index (χ3n) is 2.94. The molecule has 0 aliphatic carbocycles. The number of hydrogen-bond acceptors (Lipinski definition) is 5. The minimum atomic E-state index is -0.972. The van der Waals surface area contributed by atoms with Gasteiger partial charge < -0.3 is 14.2 Å². The average molecular weight is 315 g/mol. The summed E-state index contributed by atoms with van der Waals surface area (Å²) in [5.41, 5.74) is 0.669. The van der Waals surface area contributed by atoms with Crippen LogP contribution in [0.2, 0.25) is 5.02 Å². The third-order valence-corrected chi connectivity index (χ3v) is 3.35. The highest BCUT2D eigenvalue weighted by Crippen LogP contribution is 2.41. The summed E-state index contributed by atoms with van der Waals surface area (Å²) < 4.78 is 15.2. The van der Waals surface area contributed by atoms with E-state index in [2.05, 4.69) is 0 Å². The first kappa shape index (κ1) is 17.3. The zero-order valence-electron chi connectivity index (χ0n) is 12.8. The van der Waals surface area contributed by atoms with Gasteiger partial charge in [0.05, 0.1) is 31.4 Å². The summed E-state index contributed by atoms with van der Waals surface area (Å²) in [6.45, 7) is 5.57. The van der Waals surface area contributed by atoms with Gasteiger partial charge in [0.2, 0.25) is 0 Å². The van der Waals surface area contributed by atoms with Gasteiger partial charge in [0.1, 0.15) is 0 Å². The summed E-state index contributed by atoms with van der Waals surface area (Å²) in [7, 11) is 2.83. The number of esters is 1. The molecule has 0 aliphatic heterocycles. The Balaban J connectivity index is 3.56. The summed E-state index contributed by atoms with van der Waals surface area (Å²) in [5.74, 6) is -1.30. The molecule has 6 heteroatoms. The molecule has 21 heavy (non-hydrogen) atoms. The van der Waals surface area contributed by atoms with Crippen molar-refractivity contribution in [3.8, 4) is 11.5 Å². The Kier molecular flexibility index (Phi) is 6.03. The van der Waals surface area contributed by atoms with E-state index in [1.165, 1.54) is 14.2 Å². The quantitative estimate of drug-likeness (QED) is 0.458. The molecule has 0 saturated heterocycles. The van der Waals surface area contributed by atoms with Crippen molar-refractivity contribution < 1.29 is 23.8 Å². The van der Waals surface area contributed by atoms with E-state index in [4.69, 9.17) is 25.8 Å². The van der Waals surface area contributed by atoms with Crippen LogP contribution in [0.4, 0.5) is 0 Å². The fourth-order valence-electron chi connectivity index (χ4n) is 1.91. The smallest absolute Gasteiger partial charge is 0.379 e. The topological polar surface area (TPSA) is 61.8 Å². The van der Waals surface area contributed by atoms with Crippen LogP contribution in [0, 0.1) is 0 Å². The fraction of sp³-hybridized carbons (Fsp3) is 0.467. The monoisotopic (exact) mass is 314 g/mol. The van der Waals surface area contributed by atoms with Crippen molar-refractivity contribution in [2.45, 2.75) is 26.7 Å². The number of methoxy groups -OCH3 is 2. The van der Waals surface area contributed by atoms with Crippen LogP contribution < -0.4 is 9.47 Å². The van der Waals surface area contributed by atoms with Crippen LogP contribution in [-0.2, 0) is 9.53 Å². The lowest BCUT2D eigenvalue weighted by Crippen LogP contribution is -2.19. The lowest BCUT2D eigenvalue weighted by atomic mass is 9.97. The highest BCUT2D eigenvalue weighted by molar-refractivity contribution is 6.46. The molecular formula is C15H19ClO5. The van der Waals surface area contributed by atoms with E-state index in [1.54, 1.807) is 13.0 Å². The molecule has 0 aliphatic rings. The van der Waals surface area contributed by atoms with Crippen LogP contribution in [0.3, 0.4) is 0 Å². The van der Waals surface area contributed by atoms with Crippen molar-refractivity contribution in [3.05, 3.63) is 22.2 Å². The van der Waals surface area contributed by atoms with Crippen LogP contribution in [0.1, 0.15) is 42.6 Å². The molecule has 0 fully saturated rings. The lowest BCUT2D eigenvalue weighted by Gasteiger charge is -2.18. The Hall–Kier alpha value is -1.75. The Morgan fingerprint density at radius 1 is 1.24 bits per heavy atom. The Labute approximate surface area is 129 Å². The number of halogens is 1. The van der Waals surface area contributed by atoms with E-state index in [9.17, 15) is 9.59 Å². The van der Waals surface area contributed by atoms with Gasteiger partial charge in [-0.15, -0.1) is 0 Å². The van der Waals surface area contributed by atoms with Gasteiger partial charge in [-0.3, -0.25) is 4.79 Å². The number of carbonyl (C=O) groups is 2. The highest BCUT2D eigenvalue weighted by Gasteiger charge is 2.29. The summed E-state index contributed by atoms with van der Waals surface area (Å²) in [4.78, 5) is 24.0. The number of hydrogen-bond donors (Lipinski definition) is 0. The average Bonchev–Trinajstić information content (AvgIpc) is 2.45. The molecule has 0 spiro atoms. The normalized spacial score (nSPS) is 10.4. The molecular weight excluding hydrogens is 296 g/mol. The van der Waals surface area contributed by atoms with Gasteiger partial charge in [-0.2, -0.15) is 0 Å². The largest absolute Gasteiger partial charge is 0.493 e. The van der Waals surface area contributed by atoms with Crippen molar-refractivity contribution in [1.82, 2.24) is 0 Å². The van der Waals surface area contributed by atoms with E-state index < -0.39 is 11.8 Å². The van der Waals surface area contributed by atoms with E-state index in [-0.39, 0.29) is 28.9 Å². The second kappa shape index (κ2) is 7.31. The van der Waals surface area contributed by atoms with Gasteiger partial charge in [-0.25, -0.2) is 4.79 Å².